The summed E-state index contributed by atoms with van der Waals surface area (Å²) in [6.07, 6.45) is -4.60. The van der Waals surface area contributed by atoms with Gasteiger partial charge < -0.3 is 15.0 Å². The number of ether oxygens (including phenoxy) is 1. The largest absolute Gasteiger partial charge is 0.418 e. The number of halogens is 3. The molecule has 2 aromatic carbocycles. The van der Waals surface area contributed by atoms with E-state index in [0.717, 1.165) is 11.6 Å². The smallest absolute Gasteiger partial charge is 0.369 e. The zero-order chi connectivity index (χ0) is 19.4. The van der Waals surface area contributed by atoms with Crippen LogP contribution in [0.1, 0.15) is 11.1 Å². The van der Waals surface area contributed by atoms with Gasteiger partial charge in [-0.1, -0.05) is 42.5 Å². The summed E-state index contributed by atoms with van der Waals surface area (Å²) < 4.78 is 44.5. The number of benzene rings is 2. The van der Waals surface area contributed by atoms with Gasteiger partial charge in [-0.2, -0.15) is 13.2 Å². The van der Waals surface area contributed by atoms with Gasteiger partial charge in [-0.15, -0.1) is 0 Å². The number of rotatable bonds is 4. The second-order valence-electron chi connectivity index (χ2n) is 6.07. The summed E-state index contributed by atoms with van der Waals surface area (Å²) in [6, 6.07) is 12.7. The molecule has 3 rings (SSSR count). The molecule has 27 heavy (non-hydrogen) atoms. The SMILES string of the molecule is O=C(Nc1ccccc1C(F)(F)F)[C@@H]1COCC(=O)N1Cc1ccccc1. The standard InChI is InChI=1S/C19H17F3N2O3/c20-19(21,22)14-8-4-5-9-15(14)23-18(26)16-11-27-12-17(25)24(16)10-13-6-2-1-3-7-13/h1-9,16H,10-12H2,(H,23,26)/t16-/m0/s1. The van der Waals surface area contributed by atoms with Crippen molar-refractivity contribution >= 4 is 17.5 Å². The van der Waals surface area contributed by atoms with Crippen molar-refractivity contribution in [3.8, 4) is 0 Å². The number of carbonyl (C=O) groups excluding carboxylic acids is 2. The first-order chi connectivity index (χ1) is 12.9. The normalized spacial score (nSPS) is 17.7. The number of nitrogens with one attached hydrogen (secondary N) is 1. The average Bonchev–Trinajstić information content (AvgIpc) is 2.64. The summed E-state index contributed by atoms with van der Waals surface area (Å²) in [5.41, 5.74) is -0.495. The molecule has 8 heteroatoms. The fraction of sp³-hybridized carbons (Fsp3) is 0.263. The lowest BCUT2D eigenvalue weighted by Crippen LogP contribution is -2.54. The first kappa shape index (κ1) is 18.9. The molecule has 2 aromatic rings. The number of para-hydroxylation sites is 1. The van der Waals surface area contributed by atoms with Gasteiger partial charge in [-0.25, -0.2) is 0 Å². The van der Waals surface area contributed by atoms with E-state index in [1.54, 1.807) is 24.3 Å². The highest BCUT2D eigenvalue weighted by Crippen LogP contribution is 2.34. The highest BCUT2D eigenvalue weighted by molar-refractivity contribution is 5.98. The molecule has 0 saturated carbocycles. The van der Waals surface area contributed by atoms with Gasteiger partial charge in [0.05, 0.1) is 17.9 Å². The van der Waals surface area contributed by atoms with Crippen molar-refractivity contribution in [3.05, 3.63) is 65.7 Å². The van der Waals surface area contributed by atoms with Crippen LogP contribution in [0.3, 0.4) is 0 Å². The Morgan fingerprint density at radius 2 is 1.78 bits per heavy atom. The Balaban J connectivity index is 1.81. The van der Waals surface area contributed by atoms with E-state index in [-0.39, 0.29) is 25.4 Å². The van der Waals surface area contributed by atoms with Crippen molar-refractivity contribution in [1.29, 1.82) is 0 Å². The maximum Gasteiger partial charge on any atom is 0.418 e. The molecule has 1 fully saturated rings. The number of morpholine rings is 1. The molecule has 0 radical (unpaired) electrons. The van der Waals surface area contributed by atoms with Crippen LogP contribution in [0.4, 0.5) is 18.9 Å². The van der Waals surface area contributed by atoms with Gasteiger partial charge in [-0.3, -0.25) is 9.59 Å². The molecule has 2 amide bonds. The van der Waals surface area contributed by atoms with E-state index >= 15 is 0 Å². The van der Waals surface area contributed by atoms with E-state index in [1.165, 1.54) is 23.1 Å². The molecule has 0 aromatic heterocycles. The van der Waals surface area contributed by atoms with Crippen LogP contribution in [0.2, 0.25) is 0 Å². The van der Waals surface area contributed by atoms with Crippen LogP contribution < -0.4 is 5.32 Å². The molecule has 0 aliphatic carbocycles. The van der Waals surface area contributed by atoms with E-state index in [0.29, 0.717) is 0 Å². The monoisotopic (exact) mass is 378 g/mol. The van der Waals surface area contributed by atoms with Crippen LogP contribution in [0, 0.1) is 0 Å². The maximum atomic E-state index is 13.1. The van der Waals surface area contributed by atoms with E-state index in [9.17, 15) is 22.8 Å². The fourth-order valence-corrected chi connectivity index (χ4v) is 2.86. The van der Waals surface area contributed by atoms with Gasteiger partial charge >= 0.3 is 6.18 Å². The van der Waals surface area contributed by atoms with E-state index in [2.05, 4.69) is 5.32 Å². The third-order valence-corrected chi connectivity index (χ3v) is 4.19. The van der Waals surface area contributed by atoms with Crippen molar-refractivity contribution in [3.63, 3.8) is 0 Å². The summed E-state index contributed by atoms with van der Waals surface area (Å²) in [7, 11) is 0. The van der Waals surface area contributed by atoms with Crippen LogP contribution >= 0.6 is 0 Å². The molecular weight excluding hydrogens is 361 g/mol. The molecule has 1 aliphatic heterocycles. The van der Waals surface area contributed by atoms with Gasteiger partial charge in [0, 0.05) is 6.54 Å². The molecule has 0 bridgehead atoms. The third-order valence-electron chi connectivity index (χ3n) is 4.19. The number of amides is 2. The van der Waals surface area contributed by atoms with Crippen LogP contribution in [0.25, 0.3) is 0 Å². The molecule has 0 unspecified atom stereocenters. The minimum absolute atomic E-state index is 0.0847. The third kappa shape index (κ3) is 4.46. The fourth-order valence-electron chi connectivity index (χ4n) is 2.86. The van der Waals surface area contributed by atoms with Crippen molar-refractivity contribution in [2.75, 3.05) is 18.5 Å². The molecule has 5 nitrogen and oxygen atoms in total. The quantitative estimate of drug-likeness (QED) is 0.890. The highest BCUT2D eigenvalue weighted by Gasteiger charge is 2.37. The second kappa shape index (κ2) is 7.79. The van der Waals surface area contributed by atoms with Gasteiger partial charge in [0.2, 0.25) is 11.8 Å². The zero-order valence-corrected chi connectivity index (χ0v) is 14.2. The number of nitrogens with zero attached hydrogens (tertiary/aromatic N) is 1. The van der Waals surface area contributed by atoms with Gasteiger partial charge in [0.1, 0.15) is 12.6 Å². The highest BCUT2D eigenvalue weighted by atomic mass is 19.4. The van der Waals surface area contributed by atoms with E-state index in [1.807, 2.05) is 6.07 Å². The Morgan fingerprint density at radius 1 is 1.11 bits per heavy atom. The predicted octanol–water partition coefficient (Wildman–Crippen LogP) is 3.07. The minimum atomic E-state index is -4.60. The Hall–Kier alpha value is -2.87. The second-order valence-corrected chi connectivity index (χ2v) is 6.07. The van der Waals surface area contributed by atoms with E-state index in [4.69, 9.17) is 4.74 Å². The topological polar surface area (TPSA) is 58.6 Å². The Bertz CT molecular complexity index is 824. The van der Waals surface area contributed by atoms with Crippen molar-refractivity contribution in [2.24, 2.45) is 0 Å². The molecule has 1 heterocycles. The average molecular weight is 378 g/mol. The number of hydrogen-bond donors (Lipinski definition) is 1. The zero-order valence-electron chi connectivity index (χ0n) is 14.2. The summed E-state index contributed by atoms with van der Waals surface area (Å²) >= 11 is 0. The molecule has 1 saturated heterocycles. The van der Waals surface area contributed by atoms with Gasteiger partial charge in [0.15, 0.2) is 0 Å². The summed E-state index contributed by atoms with van der Waals surface area (Å²) in [4.78, 5) is 26.2. The maximum absolute atomic E-state index is 13.1. The Kier molecular flexibility index (Phi) is 5.46. The molecule has 142 valence electrons. The summed E-state index contributed by atoms with van der Waals surface area (Å²) in [6.45, 7) is -0.0869. The first-order valence-corrected chi connectivity index (χ1v) is 8.24. The van der Waals surface area contributed by atoms with Gasteiger partial charge in [0.25, 0.3) is 0 Å². The van der Waals surface area contributed by atoms with E-state index < -0.39 is 29.6 Å². The molecule has 0 spiro atoms. The Labute approximate surface area is 153 Å². The summed E-state index contributed by atoms with van der Waals surface area (Å²) in [5, 5.41) is 2.29. The first-order valence-electron chi connectivity index (χ1n) is 8.24. The lowest BCUT2D eigenvalue weighted by atomic mass is 10.1. The lowest BCUT2D eigenvalue weighted by Gasteiger charge is -2.34. The van der Waals surface area contributed by atoms with Gasteiger partial charge in [-0.05, 0) is 17.7 Å². The molecule has 1 aliphatic rings. The minimum Gasteiger partial charge on any atom is -0.369 e. The van der Waals surface area contributed by atoms with Crippen molar-refractivity contribution in [1.82, 2.24) is 4.90 Å². The van der Waals surface area contributed by atoms with Crippen LogP contribution in [0.5, 0.6) is 0 Å². The van der Waals surface area contributed by atoms with Crippen molar-refractivity contribution in [2.45, 2.75) is 18.8 Å². The van der Waals surface area contributed by atoms with Crippen LogP contribution in [-0.2, 0) is 27.0 Å². The molecular formula is C19H17F3N2O3. The summed E-state index contributed by atoms with van der Waals surface area (Å²) in [5.74, 6) is -1.12. The number of alkyl halides is 3. The van der Waals surface area contributed by atoms with Crippen LogP contribution in [-0.4, -0.2) is 36.0 Å². The van der Waals surface area contributed by atoms with Crippen LogP contribution in [0.15, 0.2) is 54.6 Å². The molecule has 1 N–H and O–H groups in total. The lowest BCUT2D eigenvalue weighted by molar-refractivity contribution is -0.154. The number of anilines is 1. The predicted molar refractivity (Wildman–Crippen MR) is 91.7 cm³/mol. The molecule has 1 atom stereocenters. The van der Waals surface area contributed by atoms with Crippen molar-refractivity contribution < 1.29 is 27.5 Å². The number of carbonyl (C=O) groups is 2. The Morgan fingerprint density at radius 3 is 2.48 bits per heavy atom. The number of hydrogen-bond acceptors (Lipinski definition) is 3.